The van der Waals surface area contributed by atoms with Crippen LogP contribution in [0.2, 0.25) is 0 Å². The SMILES string of the molecule is CCn1c2ccc(C=O)cc2c2cc(-c3nc4ccccc4o3)ccc21. The molecule has 4 nitrogen and oxygen atoms in total. The fraction of sp³-hybridized carbons (Fsp3) is 0.0909. The molecule has 126 valence electrons. The Hall–Kier alpha value is -3.40. The summed E-state index contributed by atoms with van der Waals surface area (Å²) in [7, 11) is 0. The molecule has 0 amide bonds. The second-order valence-electron chi connectivity index (χ2n) is 6.36. The second kappa shape index (κ2) is 5.56. The van der Waals surface area contributed by atoms with E-state index in [4.69, 9.17) is 4.42 Å². The van der Waals surface area contributed by atoms with Crippen molar-refractivity contribution >= 4 is 39.2 Å². The molecule has 0 aliphatic heterocycles. The Bertz CT molecular complexity index is 1260. The molecule has 0 saturated carbocycles. The van der Waals surface area contributed by atoms with Gasteiger partial charge in [-0.25, -0.2) is 4.98 Å². The fourth-order valence-electron chi connectivity index (χ4n) is 3.66. The van der Waals surface area contributed by atoms with Gasteiger partial charge in [-0.15, -0.1) is 0 Å². The maximum absolute atomic E-state index is 11.2. The number of carbonyl (C=O) groups is 1. The van der Waals surface area contributed by atoms with Crippen LogP contribution in [0.25, 0.3) is 44.4 Å². The van der Waals surface area contributed by atoms with Gasteiger partial charge in [0.05, 0.1) is 0 Å². The number of aromatic nitrogens is 2. The molecule has 0 aliphatic rings. The number of hydrogen-bond donors (Lipinski definition) is 0. The molecule has 0 atom stereocenters. The average Bonchev–Trinajstić information content (AvgIpc) is 3.25. The first-order valence-corrected chi connectivity index (χ1v) is 8.65. The number of para-hydroxylation sites is 2. The molecule has 0 spiro atoms. The van der Waals surface area contributed by atoms with Gasteiger partial charge in [0.2, 0.25) is 5.89 Å². The summed E-state index contributed by atoms with van der Waals surface area (Å²) < 4.78 is 8.18. The Balaban J connectivity index is 1.80. The van der Waals surface area contributed by atoms with E-state index < -0.39 is 0 Å². The van der Waals surface area contributed by atoms with E-state index in [2.05, 4.69) is 28.6 Å². The van der Waals surface area contributed by atoms with Crippen molar-refractivity contribution in [3.05, 3.63) is 66.2 Å². The smallest absolute Gasteiger partial charge is 0.227 e. The summed E-state index contributed by atoms with van der Waals surface area (Å²) in [5, 5.41) is 2.18. The summed E-state index contributed by atoms with van der Waals surface area (Å²) in [6.07, 6.45) is 0.888. The molecule has 0 fully saturated rings. The number of nitrogens with zero attached hydrogens (tertiary/aromatic N) is 2. The van der Waals surface area contributed by atoms with Gasteiger partial charge in [-0.2, -0.15) is 0 Å². The molecule has 0 N–H and O–H groups in total. The topological polar surface area (TPSA) is 48.0 Å². The van der Waals surface area contributed by atoms with Crippen LogP contribution in [-0.4, -0.2) is 15.8 Å². The minimum Gasteiger partial charge on any atom is -0.436 e. The number of carbonyl (C=O) groups excluding carboxylic acids is 1. The van der Waals surface area contributed by atoms with Crippen LogP contribution in [0.5, 0.6) is 0 Å². The molecule has 0 bridgehead atoms. The van der Waals surface area contributed by atoms with Crippen molar-refractivity contribution in [2.45, 2.75) is 13.5 Å². The normalized spacial score (nSPS) is 11.6. The van der Waals surface area contributed by atoms with Crippen molar-refractivity contribution in [3.8, 4) is 11.5 Å². The summed E-state index contributed by atoms with van der Waals surface area (Å²) in [6.45, 7) is 2.99. The summed E-state index contributed by atoms with van der Waals surface area (Å²) in [6, 6.07) is 19.8. The van der Waals surface area contributed by atoms with E-state index in [1.54, 1.807) is 0 Å². The molecule has 0 radical (unpaired) electrons. The van der Waals surface area contributed by atoms with Gasteiger partial charge < -0.3 is 8.98 Å². The van der Waals surface area contributed by atoms with Gasteiger partial charge >= 0.3 is 0 Å². The molecule has 2 heterocycles. The number of rotatable bonds is 3. The Kier molecular flexibility index (Phi) is 3.19. The molecule has 26 heavy (non-hydrogen) atoms. The zero-order valence-corrected chi connectivity index (χ0v) is 14.3. The predicted molar refractivity (Wildman–Crippen MR) is 104 cm³/mol. The van der Waals surface area contributed by atoms with E-state index in [1.165, 1.54) is 0 Å². The minimum atomic E-state index is 0.608. The van der Waals surface area contributed by atoms with Crippen molar-refractivity contribution < 1.29 is 9.21 Å². The molecule has 4 heteroatoms. The van der Waals surface area contributed by atoms with Crippen molar-refractivity contribution in [1.82, 2.24) is 9.55 Å². The lowest BCUT2D eigenvalue weighted by molar-refractivity contribution is 0.112. The molecule has 0 saturated heterocycles. The van der Waals surface area contributed by atoms with Gasteiger partial charge in [0.1, 0.15) is 11.8 Å². The number of hydrogen-bond acceptors (Lipinski definition) is 3. The van der Waals surface area contributed by atoms with Crippen LogP contribution in [0.15, 0.2) is 65.1 Å². The van der Waals surface area contributed by atoms with Gasteiger partial charge in [-0.1, -0.05) is 12.1 Å². The fourth-order valence-corrected chi connectivity index (χ4v) is 3.66. The summed E-state index contributed by atoms with van der Waals surface area (Å²) in [5.74, 6) is 0.608. The Morgan fingerprint density at radius 3 is 2.54 bits per heavy atom. The zero-order chi connectivity index (χ0) is 17.7. The third-order valence-electron chi connectivity index (χ3n) is 4.88. The number of oxazole rings is 1. The van der Waals surface area contributed by atoms with Gasteiger partial charge in [-0.05, 0) is 55.5 Å². The van der Waals surface area contributed by atoms with Crippen LogP contribution in [0.4, 0.5) is 0 Å². The van der Waals surface area contributed by atoms with Gasteiger partial charge in [0.15, 0.2) is 5.58 Å². The van der Waals surface area contributed by atoms with Crippen LogP contribution in [0.1, 0.15) is 17.3 Å². The third-order valence-corrected chi connectivity index (χ3v) is 4.88. The second-order valence-corrected chi connectivity index (χ2v) is 6.36. The predicted octanol–water partition coefficient (Wildman–Crippen LogP) is 5.44. The van der Waals surface area contributed by atoms with Crippen molar-refractivity contribution in [2.24, 2.45) is 0 Å². The highest BCUT2D eigenvalue weighted by molar-refractivity contribution is 6.10. The molecule has 0 unspecified atom stereocenters. The molecule has 2 aromatic heterocycles. The standard InChI is InChI=1S/C22H16N2O2/c1-2-24-19-9-7-14(13-25)11-16(19)17-12-15(8-10-20(17)24)22-23-18-5-3-4-6-21(18)26-22/h3-13H,2H2,1H3. The van der Waals surface area contributed by atoms with Crippen LogP contribution in [-0.2, 0) is 6.54 Å². The lowest BCUT2D eigenvalue weighted by atomic mass is 10.1. The van der Waals surface area contributed by atoms with E-state index in [0.717, 1.165) is 51.3 Å². The van der Waals surface area contributed by atoms with Crippen molar-refractivity contribution in [1.29, 1.82) is 0 Å². The Morgan fingerprint density at radius 2 is 1.77 bits per heavy atom. The summed E-state index contributed by atoms with van der Waals surface area (Å²) >= 11 is 0. The highest BCUT2D eigenvalue weighted by Gasteiger charge is 2.14. The lowest BCUT2D eigenvalue weighted by Crippen LogP contribution is -1.93. The quantitative estimate of drug-likeness (QED) is 0.411. The first kappa shape index (κ1) is 14.9. The Labute approximate surface area is 149 Å². The molecular weight excluding hydrogens is 324 g/mol. The molecule has 5 aromatic rings. The highest BCUT2D eigenvalue weighted by atomic mass is 16.3. The minimum absolute atomic E-state index is 0.608. The molecule has 0 aliphatic carbocycles. The van der Waals surface area contributed by atoms with Gasteiger partial charge in [0, 0.05) is 39.5 Å². The Morgan fingerprint density at radius 1 is 1.00 bits per heavy atom. The zero-order valence-electron chi connectivity index (χ0n) is 14.3. The molecule has 3 aromatic carbocycles. The maximum atomic E-state index is 11.2. The monoisotopic (exact) mass is 340 g/mol. The maximum Gasteiger partial charge on any atom is 0.227 e. The van der Waals surface area contributed by atoms with Crippen LogP contribution in [0.3, 0.4) is 0 Å². The van der Waals surface area contributed by atoms with Crippen molar-refractivity contribution in [3.63, 3.8) is 0 Å². The number of benzene rings is 3. The van der Waals surface area contributed by atoms with E-state index in [9.17, 15) is 4.79 Å². The van der Waals surface area contributed by atoms with E-state index in [-0.39, 0.29) is 0 Å². The van der Waals surface area contributed by atoms with E-state index in [1.807, 2.05) is 48.5 Å². The largest absolute Gasteiger partial charge is 0.436 e. The van der Waals surface area contributed by atoms with E-state index in [0.29, 0.717) is 11.5 Å². The lowest BCUT2D eigenvalue weighted by Gasteiger charge is -2.03. The number of aryl methyl sites for hydroxylation is 1. The highest BCUT2D eigenvalue weighted by Crippen LogP contribution is 2.33. The van der Waals surface area contributed by atoms with Crippen LogP contribution < -0.4 is 0 Å². The summed E-state index contributed by atoms with van der Waals surface area (Å²) in [5.41, 5.74) is 5.51. The van der Waals surface area contributed by atoms with E-state index >= 15 is 0 Å². The first-order valence-electron chi connectivity index (χ1n) is 8.65. The number of fused-ring (bicyclic) bond motifs is 4. The third kappa shape index (κ3) is 2.09. The van der Waals surface area contributed by atoms with Crippen LogP contribution >= 0.6 is 0 Å². The van der Waals surface area contributed by atoms with Crippen molar-refractivity contribution in [2.75, 3.05) is 0 Å². The molecule has 5 rings (SSSR count). The van der Waals surface area contributed by atoms with Crippen LogP contribution in [0, 0.1) is 0 Å². The average molecular weight is 340 g/mol. The van der Waals surface area contributed by atoms with Gasteiger partial charge in [-0.3, -0.25) is 4.79 Å². The first-order chi connectivity index (χ1) is 12.8. The summed E-state index contributed by atoms with van der Waals surface area (Å²) in [4.78, 5) is 15.8. The van der Waals surface area contributed by atoms with Gasteiger partial charge in [0.25, 0.3) is 0 Å². The molecular formula is C22H16N2O2. The number of aldehydes is 1.